The molecule has 9 aromatic carbocycles. The molecule has 0 saturated carbocycles. The predicted molar refractivity (Wildman–Crippen MR) is 220 cm³/mol. The number of fused-ring (bicyclic) bond motifs is 5. The van der Waals surface area contributed by atoms with Crippen LogP contribution in [0.2, 0.25) is 0 Å². The minimum Gasteiger partial charge on any atom is -0.455 e. The summed E-state index contributed by atoms with van der Waals surface area (Å²) in [6, 6.07) is 71.5. The van der Waals surface area contributed by atoms with E-state index in [9.17, 15) is 0 Å². The van der Waals surface area contributed by atoms with E-state index in [1.165, 1.54) is 43.8 Å². The maximum absolute atomic E-state index is 6.93. The van der Waals surface area contributed by atoms with Crippen molar-refractivity contribution in [1.82, 2.24) is 0 Å². The van der Waals surface area contributed by atoms with E-state index in [4.69, 9.17) is 4.42 Å². The Morgan fingerprint density at radius 1 is 0.327 bits per heavy atom. The fraction of sp³-hybridized carbons (Fsp3) is 0. The van der Waals surface area contributed by atoms with Crippen LogP contribution in [0.15, 0.2) is 205 Å². The van der Waals surface area contributed by atoms with Crippen molar-refractivity contribution in [3.05, 3.63) is 200 Å². The molecule has 0 fully saturated rings. The molecule has 1 aromatic heterocycles. The zero-order valence-electron chi connectivity index (χ0n) is 28.4. The fourth-order valence-corrected chi connectivity index (χ4v) is 7.74. The van der Waals surface area contributed by atoms with Crippen molar-refractivity contribution in [2.75, 3.05) is 4.90 Å². The Morgan fingerprint density at radius 3 is 1.69 bits per heavy atom. The molecule has 0 radical (unpaired) electrons. The molecular weight excluding hydrogens is 631 g/mol. The molecule has 0 atom stereocenters. The highest BCUT2D eigenvalue weighted by molar-refractivity contribution is 6.18. The molecule has 0 N–H and O–H groups in total. The molecule has 0 aliphatic heterocycles. The lowest BCUT2D eigenvalue weighted by Crippen LogP contribution is -2.09. The standard InChI is InChI=1S/C50H33NO/c1-3-12-34(13-4-1)35-26-28-41(29-27-35)51(40-17-5-2-6-18-40)42-30-31-46-47-32-39-15-8-10-20-45(39)49(50(47)52-48(46)33-42)38-24-22-37(23-25-38)44-21-11-16-36-14-7-9-19-43(36)44/h1-33H. The summed E-state index contributed by atoms with van der Waals surface area (Å²) in [5.74, 6) is 0. The number of hydrogen-bond donors (Lipinski definition) is 0. The van der Waals surface area contributed by atoms with Gasteiger partial charge in [-0.15, -0.1) is 0 Å². The first-order valence-corrected chi connectivity index (χ1v) is 17.8. The number of benzene rings is 9. The van der Waals surface area contributed by atoms with Crippen molar-refractivity contribution in [2.24, 2.45) is 0 Å². The van der Waals surface area contributed by atoms with Gasteiger partial charge in [0.2, 0.25) is 0 Å². The average Bonchev–Trinajstić information content (AvgIpc) is 3.58. The highest BCUT2D eigenvalue weighted by atomic mass is 16.3. The van der Waals surface area contributed by atoms with E-state index >= 15 is 0 Å². The summed E-state index contributed by atoms with van der Waals surface area (Å²) in [4.78, 5) is 2.30. The van der Waals surface area contributed by atoms with Gasteiger partial charge in [-0.25, -0.2) is 0 Å². The third-order valence-electron chi connectivity index (χ3n) is 10.2. The Morgan fingerprint density at radius 2 is 0.904 bits per heavy atom. The quantitative estimate of drug-likeness (QED) is 0.176. The molecule has 1 heterocycles. The lowest BCUT2D eigenvalue weighted by molar-refractivity contribution is 0.670. The van der Waals surface area contributed by atoms with Gasteiger partial charge in [0, 0.05) is 39.5 Å². The van der Waals surface area contributed by atoms with E-state index in [0.29, 0.717) is 0 Å². The molecule has 10 rings (SSSR count). The first kappa shape index (κ1) is 30.0. The Labute approximate surface area is 302 Å². The molecule has 0 unspecified atom stereocenters. The van der Waals surface area contributed by atoms with Crippen molar-refractivity contribution >= 4 is 60.5 Å². The molecule has 0 aliphatic rings. The number of rotatable bonds is 6. The zero-order chi connectivity index (χ0) is 34.4. The van der Waals surface area contributed by atoms with Crippen LogP contribution in [0.1, 0.15) is 0 Å². The summed E-state index contributed by atoms with van der Waals surface area (Å²) >= 11 is 0. The van der Waals surface area contributed by atoms with Gasteiger partial charge in [0.25, 0.3) is 0 Å². The van der Waals surface area contributed by atoms with Gasteiger partial charge in [0.15, 0.2) is 0 Å². The Hall–Kier alpha value is -6.90. The summed E-state index contributed by atoms with van der Waals surface area (Å²) in [5.41, 5.74) is 12.1. The highest BCUT2D eigenvalue weighted by Crippen LogP contribution is 2.44. The number of furan rings is 1. The molecule has 244 valence electrons. The van der Waals surface area contributed by atoms with Crippen LogP contribution < -0.4 is 4.90 Å². The van der Waals surface area contributed by atoms with Gasteiger partial charge in [0.1, 0.15) is 11.2 Å². The van der Waals surface area contributed by atoms with Gasteiger partial charge >= 0.3 is 0 Å². The summed E-state index contributed by atoms with van der Waals surface area (Å²) in [7, 11) is 0. The first-order valence-electron chi connectivity index (χ1n) is 17.8. The summed E-state index contributed by atoms with van der Waals surface area (Å²) in [6.45, 7) is 0. The van der Waals surface area contributed by atoms with Gasteiger partial charge in [-0.2, -0.15) is 0 Å². The second kappa shape index (κ2) is 12.5. The molecule has 2 nitrogen and oxygen atoms in total. The molecule has 0 aliphatic carbocycles. The molecule has 2 heteroatoms. The number of anilines is 3. The molecule has 0 saturated heterocycles. The second-order valence-electron chi connectivity index (χ2n) is 13.3. The minimum atomic E-state index is 0.860. The van der Waals surface area contributed by atoms with Crippen molar-refractivity contribution in [1.29, 1.82) is 0 Å². The van der Waals surface area contributed by atoms with Crippen molar-refractivity contribution in [3.8, 4) is 33.4 Å². The van der Waals surface area contributed by atoms with Gasteiger partial charge in [-0.1, -0.05) is 152 Å². The number of nitrogens with zero attached hydrogens (tertiary/aromatic N) is 1. The molecular formula is C50H33NO. The molecule has 0 amide bonds. The predicted octanol–water partition coefficient (Wildman–Crippen LogP) is 14.4. The van der Waals surface area contributed by atoms with Crippen LogP contribution in [-0.4, -0.2) is 0 Å². The molecule has 52 heavy (non-hydrogen) atoms. The van der Waals surface area contributed by atoms with Crippen LogP contribution in [0.5, 0.6) is 0 Å². The van der Waals surface area contributed by atoms with E-state index in [1.54, 1.807) is 0 Å². The largest absolute Gasteiger partial charge is 0.455 e. The highest BCUT2D eigenvalue weighted by Gasteiger charge is 2.19. The summed E-state index contributed by atoms with van der Waals surface area (Å²) < 4.78 is 6.93. The van der Waals surface area contributed by atoms with E-state index in [2.05, 4.69) is 205 Å². The van der Waals surface area contributed by atoms with Crippen molar-refractivity contribution in [2.45, 2.75) is 0 Å². The Bertz CT molecular complexity index is 2870. The smallest absolute Gasteiger partial charge is 0.143 e. The second-order valence-corrected chi connectivity index (χ2v) is 13.3. The van der Waals surface area contributed by atoms with Crippen LogP contribution in [0.25, 0.3) is 76.9 Å². The SMILES string of the molecule is c1ccc(-c2ccc(N(c3ccccc3)c3ccc4c(c3)oc3c(-c5ccc(-c6cccc7ccccc67)cc5)c5ccccc5cc34)cc2)cc1. The van der Waals surface area contributed by atoms with Crippen molar-refractivity contribution in [3.63, 3.8) is 0 Å². The fourth-order valence-electron chi connectivity index (χ4n) is 7.74. The lowest BCUT2D eigenvalue weighted by atomic mass is 9.93. The number of hydrogen-bond acceptors (Lipinski definition) is 2. The average molecular weight is 664 g/mol. The van der Waals surface area contributed by atoms with Gasteiger partial charge in [0.05, 0.1) is 0 Å². The maximum atomic E-state index is 6.93. The molecule has 10 aromatic rings. The van der Waals surface area contributed by atoms with Gasteiger partial charge < -0.3 is 9.32 Å². The Balaban J connectivity index is 1.11. The monoisotopic (exact) mass is 663 g/mol. The normalized spacial score (nSPS) is 11.5. The van der Waals surface area contributed by atoms with Crippen LogP contribution in [0, 0.1) is 0 Å². The molecule has 0 bridgehead atoms. The lowest BCUT2D eigenvalue weighted by Gasteiger charge is -2.25. The molecule has 0 spiro atoms. The minimum absolute atomic E-state index is 0.860. The van der Waals surface area contributed by atoms with Crippen molar-refractivity contribution < 1.29 is 4.42 Å². The first-order chi connectivity index (χ1) is 25.8. The van der Waals surface area contributed by atoms with E-state index in [0.717, 1.165) is 50.1 Å². The topological polar surface area (TPSA) is 16.4 Å². The maximum Gasteiger partial charge on any atom is 0.143 e. The van der Waals surface area contributed by atoms with Crippen LogP contribution >= 0.6 is 0 Å². The Kier molecular flexibility index (Phi) is 7.18. The van der Waals surface area contributed by atoms with E-state index in [1.807, 2.05) is 0 Å². The summed E-state index contributed by atoms with van der Waals surface area (Å²) in [6.07, 6.45) is 0. The van der Waals surface area contributed by atoms with E-state index < -0.39 is 0 Å². The van der Waals surface area contributed by atoms with E-state index in [-0.39, 0.29) is 0 Å². The van der Waals surface area contributed by atoms with Crippen LogP contribution in [0.3, 0.4) is 0 Å². The third-order valence-corrected chi connectivity index (χ3v) is 10.2. The summed E-state index contributed by atoms with van der Waals surface area (Å²) in [5, 5.41) is 7.10. The van der Waals surface area contributed by atoms with Crippen LogP contribution in [0.4, 0.5) is 17.1 Å². The van der Waals surface area contributed by atoms with Crippen LogP contribution in [-0.2, 0) is 0 Å². The van der Waals surface area contributed by atoms with Gasteiger partial charge in [-0.3, -0.25) is 0 Å². The van der Waals surface area contributed by atoms with Gasteiger partial charge in [-0.05, 0) is 91.8 Å². The zero-order valence-corrected chi connectivity index (χ0v) is 28.4. The number of para-hydroxylation sites is 1. The third kappa shape index (κ3) is 5.12.